The maximum Gasteiger partial charge on any atom is 0.288 e. The Morgan fingerprint density at radius 2 is 2.04 bits per heavy atom. The molecule has 26 heavy (non-hydrogen) atoms. The van der Waals surface area contributed by atoms with Crippen molar-refractivity contribution < 1.29 is 9.72 Å². The molecule has 2 aliphatic rings. The van der Waals surface area contributed by atoms with Gasteiger partial charge in [-0.25, -0.2) is 0 Å². The number of carbonyl (C=O) groups excluding carboxylic acids is 1. The number of rotatable bonds is 5. The van der Waals surface area contributed by atoms with Crippen LogP contribution >= 0.6 is 11.6 Å². The molecule has 2 fully saturated rings. The normalized spacial score (nSPS) is 23.4. The van der Waals surface area contributed by atoms with Gasteiger partial charge in [-0.1, -0.05) is 36.7 Å². The lowest BCUT2D eigenvalue weighted by Crippen LogP contribution is -2.62. The van der Waals surface area contributed by atoms with Crippen molar-refractivity contribution in [2.75, 3.05) is 19.6 Å². The van der Waals surface area contributed by atoms with Crippen molar-refractivity contribution in [1.29, 1.82) is 0 Å². The summed E-state index contributed by atoms with van der Waals surface area (Å²) in [7, 11) is 0. The van der Waals surface area contributed by atoms with Crippen LogP contribution < -0.4 is 0 Å². The van der Waals surface area contributed by atoms with Gasteiger partial charge in [-0.15, -0.1) is 0 Å². The third-order valence-corrected chi connectivity index (χ3v) is 5.55. The van der Waals surface area contributed by atoms with Crippen LogP contribution in [0.2, 0.25) is 5.02 Å². The molecule has 1 aromatic rings. The number of benzene rings is 1. The van der Waals surface area contributed by atoms with Gasteiger partial charge >= 0.3 is 0 Å². The second-order valence-electron chi connectivity index (χ2n) is 6.98. The SMILES string of the molecule is CCC(=O)N1[C@@H]2CCC[C@H]1CN(C/C=C/c1ccc(Cl)c([N+](=O)[O-])c1)C2. The van der Waals surface area contributed by atoms with Crippen LogP contribution in [0, 0.1) is 10.1 Å². The molecule has 1 amide bonds. The highest BCUT2D eigenvalue weighted by atomic mass is 35.5. The predicted molar refractivity (Wildman–Crippen MR) is 102 cm³/mol. The van der Waals surface area contributed by atoms with Crippen LogP contribution in [-0.2, 0) is 4.79 Å². The zero-order valence-corrected chi connectivity index (χ0v) is 15.7. The molecule has 3 rings (SSSR count). The molecule has 0 radical (unpaired) electrons. The maximum atomic E-state index is 12.2. The number of fused-ring (bicyclic) bond motifs is 2. The summed E-state index contributed by atoms with van der Waals surface area (Å²) in [5.41, 5.74) is 0.691. The first-order valence-electron chi connectivity index (χ1n) is 9.13. The Bertz CT molecular complexity index is 708. The lowest BCUT2D eigenvalue weighted by molar-refractivity contribution is -0.384. The van der Waals surface area contributed by atoms with Gasteiger partial charge < -0.3 is 4.90 Å². The molecule has 0 N–H and O–H groups in total. The van der Waals surface area contributed by atoms with E-state index in [0.717, 1.165) is 38.0 Å². The smallest absolute Gasteiger partial charge is 0.288 e. The first-order valence-corrected chi connectivity index (χ1v) is 9.51. The molecule has 0 saturated carbocycles. The molecule has 2 atom stereocenters. The Balaban J connectivity index is 1.62. The molecule has 0 aliphatic carbocycles. The van der Waals surface area contributed by atoms with E-state index in [9.17, 15) is 14.9 Å². The molecular formula is C19H24ClN3O3. The largest absolute Gasteiger partial charge is 0.334 e. The van der Waals surface area contributed by atoms with E-state index in [1.165, 1.54) is 12.5 Å². The molecule has 6 nitrogen and oxygen atoms in total. The van der Waals surface area contributed by atoms with Gasteiger partial charge in [0.15, 0.2) is 0 Å². The monoisotopic (exact) mass is 377 g/mol. The number of amides is 1. The lowest BCUT2D eigenvalue weighted by Gasteiger charge is -2.50. The van der Waals surface area contributed by atoms with E-state index in [0.29, 0.717) is 18.5 Å². The summed E-state index contributed by atoms with van der Waals surface area (Å²) in [6, 6.07) is 5.46. The summed E-state index contributed by atoms with van der Waals surface area (Å²) < 4.78 is 0. The second kappa shape index (κ2) is 8.18. The van der Waals surface area contributed by atoms with Crippen molar-refractivity contribution >= 4 is 29.3 Å². The fourth-order valence-electron chi connectivity index (χ4n) is 4.04. The maximum absolute atomic E-state index is 12.2. The number of hydrogen-bond acceptors (Lipinski definition) is 4. The summed E-state index contributed by atoms with van der Waals surface area (Å²) in [5.74, 6) is 0.267. The highest BCUT2D eigenvalue weighted by Crippen LogP contribution is 2.29. The van der Waals surface area contributed by atoms with Crippen molar-refractivity contribution in [3.63, 3.8) is 0 Å². The fraction of sp³-hybridized carbons (Fsp3) is 0.526. The molecule has 2 heterocycles. The first-order chi connectivity index (χ1) is 12.5. The Morgan fingerprint density at radius 1 is 1.35 bits per heavy atom. The van der Waals surface area contributed by atoms with E-state index in [4.69, 9.17) is 11.6 Å². The van der Waals surface area contributed by atoms with E-state index in [1.54, 1.807) is 12.1 Å². The second-order valence-corrected chi connectivity index (χ2v) is 7.39. The van der Waals surface area contributed by atoms with Crippen LogP contribution in [0.5, 0.6) is 0 Å². The molecule has 2 saturated heterocycles. The van der Waals surface area contributed by atoms with Gasteiger partial charge in [0.25, 0.3) is 5.69 Å². The Morgan fingerprint density at radius 3 is 2.65 bits per heavy atom. The van der Waals surface area contributed by atoms with Gasteiger partial charge in [0.2, 0.25) is 5.91 Å². The number of piperazine rings is 1. The molecule has 140 valence electrons. The van der Waals surface area contributed by atoms with Gasteiger partial charge in [0, 0.05) is 44.2 Å². The molecular weight excluding hydrogens is 354 g/mol. The van der Waals surface area contributed by atoms with Crippen LogP contribution in [0.1, 0.15) is 38.2 Å². The fourth-order valence-corrected chi connectivity index (χ4v) is 4.23. The summed E-state index contributed by atoms with van der Waals surface area (Å²) in [6.07, 6.45) is 7.84. The predicted octanol–water partition coefficient (Wildman–Crippen LogP) is 3.74. The Kier molecular flexibility index (Phi) is 5.94. The van der Waals surface area contributed by atoms with Crippen LogP contribution in [0.25, 0.3) is 6.08 Å². The number of carbonyl (C=O) groups is 1. The average Bonchev–Trinajstić information content (AvgIpc) is 2.61. The quantitative estimate of drug-likeness (QED) is 0.579. The third kappa shape index (κ3) is 4.07. The minimum absolute atomic E-state index is 0.0740. The van der Waals surface area contributed by atoms with E-state index in [1.807, 2.05) is 19.1 Å². The van der Waals surface area contributed by atoms with E-state index in [-0.39, 0.29) is 16.6 Å². The number of piperidine rings is 1. The number of halogens is 1. The zero-order chi connectivity index (χ0) is 18.7. The van der Waals surface area contributed by atoms with Gasteiger partial charge in [-0.3, -0.25) is 19.8 Å². The van der Waals surface area contributed by atoms with Crippen molar-refractivity contribution in [3.05, 3.63) is 45.0 Å². The molecule has 0 aromatic heterocycles. The highest BCUT2D eigenvalue weighted by molar-refractivity contribution is 6.32. The van der Waals surface area contributed by atoms with E-state index < -0.39 is 4.92 Å². The van der Waals surface area contributed by atoms with Crippen molar-refractivity contribution in [3.8, 4) is 0 Å². The molecule has 2 aliphatic heterocycles. The van der Waals surface area contributed by atoms with Crippen molar-refractivity contribution in [2.24, 2.45) is 0 Å². The van der Waals surface area contributed by atoms with Gasteiger partial charge in [-0.2, -0.15) is 0 Å². The number of likely N-dealkylation sites (tertiary alicyclic amines) is 1. The summed E-state index contributed by atoms with van der Waals surface area (Å²) in [6.45, 7) is 4.50. The summed E-state index contributed by atoms with van der Waals surface area (Å²) >= 11 is 5.85. The minimum Gasteiger partial charge on any atom is -0.334 e. The van der Waals surface area contributed by atoms with Gasteiger partial charge in [0.05, 0.1) is 4.92 Å². The van der Waals surface area contributed by atoms with E-state index >= 15 is 0 Å². The van der Waals surface area contributed by atoms with Crippen molar-refractivity contribution in [2.45, 2.75) is 44.7 Å². The Hall–Kier alpha value is -1.92. The summed E-state index contributed by atoms with van der Waals surface area (Å²) in [4.78, 5) is 27.2. The zero-order valence-electron chi connectivity index (χ0n) is 14.9. The standard InChI is InChI=1S/C19H24ClN3O3/c1-2-19(24)22-15-6-3-7-16(22)13-21(12-15)10-4-5-14-8-9-17(20)18(11-14)23(25)26/h4-5,8-9,11,15-16H,2-3,6-7,10,12-13H2,1H3/b5-4+/t15-,16+. The number of nitrogens with zero attached hydrogens (tertiary/aromatic N) is 3. The topological polar surface area (TPSA) is 66.7 Å². The molecule has 0 unspecified atom stereocenters. The molecule has 7 heteroatoms. The highest BCUT2D eigenvalue weighted by Gasteiger charge is 2.38. The molecule has 1 aromatic carbocycles. The summed E-state index contributed by atoms with van der Waals surface area (Å²) in [5, 5.41) is 11.1. The van der Waals surface area contributed by atoms with E-state index in [2.05, 4.69) is 9.80 Å². The molecule has 2 bridgehead atoms. The van der Waals surface area contributed by atoms with Crippen molar-refractivity contribution in [1.82, 2.24) is 9.80 Å². The number of nitro groups is 1. The molecule has 0 spiro atoms. The van der Waals surface area contributed by atoms with Crippen LogP contribution in [0.4, 0.5) is 5.69 Å². The minimum atomic E-state index is -0.467. The Labute approximate surface area is 158 Å². The van der Waals surface area contributed by atoms with Crippen LogP contribution in [-0.4, -0.2) is 52.3 Å². The van der Waals surface area contributed by atoms with Crippen LogP contribution in [0.3, 0.4) is 0 Å². The number of hydrogen-bond donors (Lipinski definition) is 0. The van der Waals surface area contributed by atoms with Crippen LogP contribution in [0.15, 0.2) is 24.3 Å². The number of nitro benzene ring substituents is 1. The average molecular weight is 378 g/mol. The first kappa shape index (κ1) is 18.9. The van der Waals surface area contributed by atoms with Gasteiger partial charge in [-0.05, 0) is 30.9 Å². The lowest BCUT2D eigenvalue weighted by atomic mass is 9.91. The van der Waals surface area contributed by atoms with Gasteiger partial charge in [0.1, 0.15) is 5.02 Å². The third-order valence-electron chi connectivity index (χ3n) is 5.23.